The second-order valence-corrected chi connectivity index (χ2v) is 6.71. The van der Waals surface area contributed by atoms with E-state index >= 15 is 0 Å². The molecule has 1 aliphatic heterocycles. The first-order valence-electron chi connectivity index (χ1n) is 5.71. The molecule has 0 bridgehead atoms. The monoisotopic (exact) mass is 272 g/mol. The lowest BCUT2D eigenvalue weighted by Gasteiger charge is -2.18. The molecule has 3 N–H and O–H groups in total. The Labute approximate surface area is 105 Å². The maximum absolute atomic E-state index is 12.2. The van der Waals surface area contributed by atoms with Crippen LogP contribution >= 0.6 is 0 Å². The van der Waals surface area contributed by atoms with Crippen molar-refractivity contribution >= 4 is 21.4 Å². The Morgan fingerprint density at radius 1 is 1.39 bits per heavy atom. The summed E-state index contributed by atoms with van der Waals surface area (Å²) in [6, 6.07) is 0. The Bertz CT molecular complexity index is 564. The number of nitrogens with zero attached hydrogens (tertiary/aromatic N) is 2. The number of hydrogen-bond donors (Lipinski definition) is 2. The molecule has 1 fully saturated rings. The van der Waals surface area contributed by atoms with Crippen molar-refractivity contribution in [3.8, 4) is 0 Å². The van der Waals surface area contributed by atoms with E-state index in [0.29, 0.717) is 24.3 Å². The van der Waals surface area contributed by atoms with Crippen molar-refractivity contribution in [3.63, 3.8) is 0 Å². The highest BCUT2D eigenvalue weighted by Crippen LogP contribution is 2.16. The summed E-state index contributed by atoms with van der Waals surface area (Å²) in [5.41, 5.74) is 6.88. The van der Waals surface area contributed by atoms with Crippen molar-refractivity contribution < 1.29 is 13.2 Å². The molecule has 0 spiro atoms. The minimum Gasteiger partial charge on any atom is -0.395 e. The molecule has 1 aromatic rings. The Morgan fingerprint density at radius 2 is 2.11 bits per heavy atom. The number of nitrogen functional groups attached to an aromatic ring is 1. The van der Waals surface area contributed by atoms with E-state index in [2.05, 4.69) is 10.2 Å². The molecule has 1 aromatic heterocycles. The van der Waals surface area contributed by atoms with Gasteiger partial charge in [0.1, 0.15) is 0 Å². The van der Waals surface area contributed by atoms with E-state index < -0.39 is 9.84 Å². The number of anilines is 1. The summed E-state index contributed by atoms with van der Waals surface area (Å²) in [6.45, 7) is 2.35. The van der Waals surface area contributed by atoms with E-state index in [1.54, 1.807) is 6.92 Å². The van der Waals surface area contributed by atoms with E-state index in [1.165, 1.54) is 4.90 Å². The van der Waals surface area contributed by atoms with Gasteiger partial charge in [0.25, 0.3) is 5.91 Å². The molecule has 0 aliphatic carbocycles. The summed E-state index contributed by atoms with van der Waals surface area (Å²) in [5, 5.41) is 6.51. The molecule has 1 saturated heterocycles. The van der Waals surface area contributed by atoms with Gasteiger partial charge < -0.3 is 10.6 Å². The molecule has 0 atom stereocenters. The van der Waals surface area contributed by atoms with Crippen LogP contribution in [0.1, 0.15) is 22.6 Å². The van der Waals surface area contributed by atoms with E-state index in [1.807, 2.05) is 0 Å². The standard InChI is InChI=1S/C10H16N4O3S/c1-7-8(11)9(13-12-7)10(15)14-3-2-5-18(16,17)6-4-14/h2-6,11H2,1H3,(H,12,13). The first kappa shape index (κ1) is 12.9. The van der Waals surface area contributed by atoms with Crippen LogP contribution in [0.15, 0.2) is 0 Å². The van der Waals surface area contributed by atoms with Crippen LogP contribution in [0.3, 0.4) is 0 Å². The normalized spacial score (nSPS) is 19.5. The molecule has 0 aromatic carbocycles. The first-order chi connectivity index (χ1) is 8.41. The van der Waals surface area contributed by atoms with Gasteiger partial charge in [-0.2, -0.15) is 5.10 Å². The molecular weight excluding hydrogens is 256 g/mol. The van der Waals surface area contributed by atoms with E-state index in [0.717, 1.165) is 0 Å². The summed E-state index contributed by atoms with van der Waals surface area (Å²) in [7, 11) is -3.03. The third kappa shape index (κ3) is 2.47. The third-order valence-corrected chi connectivity index (χ3v) is 4.76. The molecule has 2 rings (SSSR count). The maximum Gasteiger partial charge on any atom is 0.276 e. The van der Waals surface area contributed by atoms with Crippen LogP contribution in [0.25, 0.3) is 0 Å². The molecular formula is C10H16N4O3S. The number of nitrogens with two attached hydrogens (primary N) is 1. The summed E-state index contributed by atoms with van der Waals surface area (Å²) in [4.78, 5) is 13.7. The molecule has 0 radical (unpaired) electrons. The van der Waals surface area contributed by atoms with Crippen LogP contribution in [0.2, 0.25) is 0 Å². The lowest BCUT2D eigenvalue weighted by molar-refractivity contribution is 0.0763. The van der Waals surface area contributed by atoms with Gasteiger partial charge >= 0.3 is 0 Å². The van der Waals surface area contributed by atoms with Gasteiger partial charge in [-0.1, -0.05) is 0 Å². The number of rotatable bonds is 1. The Morgan fingerprint density at radius 3 is 2.72 bits per heavy atom. The maximum atomic E-state index is 12.2. The smallest absolute Gasteiger partial charge is 0.276 e. The zero-order valence-electron chi connectivity index (χ0n) is 10.1. The number of sulfone groups is 1. The number of aromatic amines is 1. The minimum absolute atomic E-state index is 0.00203. The highest BCUT2D eigenvalue weighted by molar-refractivity contribution is 7.91. The fourth-order valence-electron chi connectivity index (χ4n) is 1.89. The average Bonchev–Trinajstić information content (AvgIpc) is 2.53. The number of carbonyl (C=O) groups excluding carboxylic acids is 1. The van der Waals surface area contributed by atoms with E-state index in [9.17, 15) is 13.2 Å². The highest BCUT2D eigenvalue weighted by Gasteiger charge is 2.26. The zero-order chi connectivity index (χ0) is 13.3. The molecule has 0 saturated carbocycles. The number of carbonyl (C=O) groups is 1. The van der Waals surface area contributed by atoms with Crippen molar-refractivity contribution in [2.75, 3.05) is 30.3 Å². The van der Waals surface area contributed by atoms with Gasteiger partial charge in [-0.25, -0.2) is 8.42 Å². The second kappa shape index (κ2) is 4.60. The molecule has 2 heterocycles. The molecule has 18 heavy (non-hydrogen) atoms. The molecule has 100 valence electrons. The number of hydrogen-bond acceptors (Lipinski definition) is 5. The van der Waals surface area contributed by atoms with Crippen LogP contribution in [0.4, 0.5) is 5.69 Å². The van der Waals surface area contributed by atoms with Gasteiger partial charge in [0.05, 0.1) is 22.9 Å². The van der Waals surface area contributed by atoms with Crippen LogP contribution in [-0.4, -0.2) is 54.0 Å². The van der Waals surface area contributed by atoms with Crippen molar-refractivity contribution in [2.24, 2.45) is 0 Å². The van der Waals surface area contributed by atoms with Crippen molar-refractivity contribution in [1.82, 2.24) is 15.1 Å². The summed E-state index contributed by atoms with van der Waals surface area (Å²) >= 11 is 0. The Balaban J connectivity index is 2.17. The largest absolute Gasteiger partial charge is 0.395 e. The quantitative estimate of drug-likeness (QED) is 0.720. The predicted molar refractivity (Wildman–Crippen MR) is 66.9 cm³/mol. The number of amides is 1. The van der Waals surface area contributed by atoms with Crippen molar-refractivity contribution in [2.45, 2.75) is 13.3 Å². The number of H-pyrrole nitrogens is 1. The number of aryl methyl sites for hydroxylation is 1. The summed E-state index contributed by atoms with van der Waals surface area (Å²) < 4.78 is 22.9. The van der Waals surface area contributed by atoms with Gasteiger partial charge in [0.15, 0.2) is 15.5 Å². The third-order valence-electron chi connectivity index (χ3n) is 3.04. The predicted octanol–water partition coefficient (Wildman–Crippen LogP) is -0.439. The molecule has 7 nitrogen and oxygen atoms in total. The van der Waals surface area contributed by atoms with Crippen LogP contribution in [0, 0.1) is 6.92 Å². The van der Waals surface area contributed by atoms with Gasteiger partial charge in [0, 0.05) is 13.1 Å². The lowest BCUT2D eigenvalue weighted by atomic mass is 10.2. The molecule has 1 amide bonds. The highest BCUT2D eigenvalue weighted by atomic mass is 32.2. The van der Waals surface area contributed by atoms with Crippen LogP contribution in [-0.2, 0) is 9.84 Å². The van der Waals surface area contributed by atoms with Gasteiger partial charge in [0.2, 0.25) is 0 Å². The zero-order valence-corrected chi connectivity index (χ0v) is 11.0. The Hall–Kier alpha value is -1.57. The Kier molecular flexibility index (Phi) is 3.29. The first-order valence-corrected chi connectivity index (χ1v) is 7.53. The fourth-order valence-corrected chi connectivity index (χ4v) is 3.16. The summed E-state index contributed by atoms with van der Waals surface area (Å²) in [6.07, 6.45) is 0.456. The van der Waals surface area contributed by atoms with Crippen molar-refractivity contribution in [1.29, 1.82) is 0 Å². The molecule has 1 aliphatic rings. The topological polar surface area (TPSA) is 109 Å². The lowest BCUT2D eigenvalue weighted by Crippen LogP contribution is -2.34. The van der Waals surface area contributed by atoms with Gasteiger partial charge in [-0.3, -0.25) is 9.89 Å². The van der Waals surface area contributed by atoms with Gasteiger partial charge in [-0.05, 0) is 13.3 Å². The van der Waals surface area contributed by atoms with Crippen LogP contribution in [0.5, 0.6) is 0 Å². The number of aromatic nitrogens is 2. The SMILES string of the molecule is Cc1[nH]nc(C(=O)N2CCCS(=O)(=O)CC2)c1N. The van der Waals surface area contributed by atoms with Crippen LogP contribution < -0.4 is 5.73 Å². The minimum atomic E-state index is -3.03. The molecule has 8 heteroatoms. The second-order valence-electron chi connectivity index (χ2n) is 4.41. The van der Waals surface area contributed by atoms with E-state index in [4.69, 9.17) is 5.73 Å². The summed E-state index contributed by atoms with van der Waals surface area (Å²) in [5.74, 6) is -0.178. The number of nitrogens with one attached hydrogen (secondary N) is 1. The van der Waals surface area contributed by atoms with Gasteiger partial charge in [-0.15, -0.1) is 0 Å². The molecule has 0 unspecified atom stereocenters. The van der Waals surface area contributed by atoms with Crippen molar-refractivity contribution in [3.05, 3.63) is 11.4 Å². The fraction of sp³-hybridized carbons (Fsp3) is 0.600. The van der Waals surface area contributed by atoms with E-state index in [-0.39, 0.29) is 29.7 Å². The average molecular weight is 272 g/mol.